The number of carbonyl (C=O) groups is 5. The van der Waals surface area contributed by atoms with Gasteiger partial charge in [0.05, 0.1) is 46.8 Å². The lowest BCUT2D eigenvalue weighted by atomic mass is 9.97. The Balaban J connectivity index is 1.36. The minimum atomic E-state index is -3.36. The predicted molar refractivity (Wildman–Crippen MR) is 244 cm³/mol. The molecule has 0 aromatic heterocycles. The average molecular weight is 931 g/mol. The van der Waals surface area contributed by atoms with Gasteiger partial charge < -0.3 is 33.2 Å². The number of esters is 5. The minimum Gasteiger partial charge on any atom is -0.466 e. The smallest absolute Gasteiger partial charge is 0.338 e. The minimum absolute atomic E-state index is 0.0128. The Kier molecular flexibility index (Phi) is 19.5. The monoisotopic (exact) mass is 930 g/mol. The highest BCUT2D eigenvalue weighted by Gasteiger charge is 2.54. The number of hydrogen-bond acceptors (Lipinski definition) is 14. The molecule has 0 amide bonds. The Bertz CT molecular complexity index is 2240. The first-order valence-electron chi connectivity index (χ1n) is 21.9. The van der Waals surface area contributed by atoms with E-state index in [0.29, 0.717) is 12.5 Å². The van der Waals surface area contributed by atoms with Crippen molar-refractivity contribution >= 4 is 47.8 Å². The number of rotatable bonds is 24. The molecule has 4 aromatic carbocycles. The highest BCUT2D eigenvalue weighted by Crippen LogP contribution is 2.32. The summed E-state index contributed by atoms with van der Waals surface area (Å²) in [6.45, 7) is 5.98. The molecule has 348 valence electrons. The van der Waals surface area contributed by atoms with E-state index in [4.69, 9.17) is 33.2 Å². The molecule has 0 N–H and O–H groups in total. The van der Waals surface area contributed by atoms with Gasteiger partial charge in [0, 0.05) is 14.7 Å². The molecule has 0 saturated carbocycles. The second-order valence-corrected chi connectivity index (χ2v) is 24.0. The molecule has 5 rings (SSSR count). The van der Waals surface area contributed by atoms with Crippen LogP contribution < -0.4 is 0 Å². The SMILES string of the molecule is CCOC(=O)CCS(=O)(=O)CCCCCC[Si](C)(C)CCO[C@H]1O[C@H](COC(=O)c2ccccc2)[C@H](OC(=O)c2ccccc2)[C@H](OC(=O)c2ccccc2)[C@H]1OC(=O)c1ccccc1. The van der Waals surface area contributed by atoms with Crippen LogP contribution >= 0.6 is 0 Å². The van der Waals surface area contributed by atoms with Crippen LogP contribution in [0.25, 0.3) is 0 Å². The van der Waals surface area contributed by atoms with Gasteiger partial charge in [-0.15, -0.1) is 0 Å². The molecule has 1 aliphatic heterocycles. The number of hydrogen-bond donors (Lipinski definition) is 0. The van der Waals surface area contributed by atoms with Crippen molar-refractivity contribution in [1.29, 1.82) is 0 Å². The fourth-order valence-electron chi connectivity index (χ4n) is 7.09. The van der Waals surface area contributed by atoms with Gasteiger partial charge in [0.25, 0.3) is 0 Å². The van der Waals surface area contributed by atoms with E-state index in [-0.39, 0.29) is 53.4 Å². The van der Waals surface area contributed by atoms with E-state index in [1.54, 1.807) is 128 Å². The first-order valence-corrected chi connectivity index (χ1v) is 27.1. The van der Waals surface area contributed by atoms with E-state index >= 15 is 0 Å². The molecule has 0 radical (unpaired) electrons. The van der Waals surface area contributed by atoms with Crippen molar-refractivity contribution in [3.8, 4) is 0 Å². The van der Waals surface area contributed by atoms with Gasteiger partial charge in [-0.3, -0.25) is 4.79 Å². The summed E-state index contributed by atoms with van der Waals surface area (Å²) in [7, 11) is -5.31. The second-order valence-electron chi connectivity index (χ2n) is 16.4. The third-order valence-electron chi connectivity index (χ3n) is 10.8. The van der Waals surface area contributed by atoms with Crippen molar-refractivity contribution in [2.75, 3.05) is 31.3 Å². The van der Waals surface area contributed by atoms with Crippen molar-refractivity contribution in [3.63, 3.8) is 0 Å². The fraction of sp³-hybridized carbons (Fsp3) is 0.408. The summed E-state index contributed by atoms with van der Waals surface area (Å²) in [4.78, 5) is 66.4. The van der Waals surface area contributed by atoms with Crippen molar-refractivity contribution in [1.82, 2.24) is 0 Å². The van der Waals surface area contributed by atoms with Gasteiger partial charge in [-0.25, -0.2) is 27.6 Å². The zero-order chi connectivity index (χ0) is 46.7. The molecule has 14 nitrogen and oxygen atoms in total. The Morgan fingerprint density at radius 3 is 1.52 bits per heavy atom. The molecular formula is C49H58O14SSi. The highest BCUT2D eigenvalue weighted by molar-refractivity contribution is 7.91. The number of carbonyl (C=O) groups excluding carboxylic acids is 5. The molecular weight excluding hydrogens is 873 g/mol. The number of unbranched alkanes of at least 4 members (excludes halogenated alkanes) is 3. The zero-order valence-electron chi connectivity index (χ0n) is 37.0. The summed E-state index contributed by atoms with van der Waals surface area (Å²) in [5, 5.41) is 0. The second kappa shape index (κ2) is 25.1. The quantitative estimate of drug-likeness (QED) is 0.0286. The van der Waals surface area contributed by atoms with Crippen molar-refractivity contribution in [3.05, 3.63) is 144 Å². The molecule has 1 aliphatic rings. The molecule has 1 fully saturated rings. The predicted octanol–water partition coefficient (Wildman–Crippen LogP) is 7.90. The van der Waals surface area contributed by atoms with Gasteiger partial charge in [0.2, 0.25) is 0 Å². The van der Waals surface area contributed by atoms with Gasteiger partial charge in [-0.1, -0.05) is 111 Å². The normalized spacial score (nSPS) is 18.5. The Morgan fingerprint density at radius 1 is 0.554 bits per heavy atom. The molecule has 65 heavy (non-hydrogen) atoms. The molecule has 0 unspecified atom stereocenters. The van der Waals surface area contributed by atoms with Crippen LogP contribution in [-0.2, 0) is 47.8 Å². The Morgan fingerprint density at radius 2 is 1.02 bits per heavy atom. The first kappa shape index (κ1) is 50.3. The van der Waals surface area contributed by atoms with E-state index < -0.39 is 85.1 Å². The van der Waals surface area contributed by atoms with E-state index in [9.17, 15) is 32.4 Å². The van der Waals surface area contributed by atoms with Crippen molar-refractivity contribution < 1.29 is 65.5 Å². The molecule has 0 aliphatic carbocycles. The molecule has 16 heteroatoms. The molecule has 0 spiro atoms. The van der Waals surface area contributed by atoms with Gasteiger partial charge >= 0.3 is 29.8 Å². The van der Waals surface area contributed by atoms with Crippen LogP contribution in [0, 0.1) is 0 Å². The van der Waals surface area contributed by atoms with Gasteiger partial charge in [0.1, 0.15) is 12.7 Å². The average Bonchev–Trinajstić information content (AvgIpc) is 3.31. The van der Waals surface area contributed by atoms with Crippen LogP contribution in [-0.4, -0.2) is 108 Å². The van der Waals surface area contributed by atoms with Crippen LogP contribution in [0.4, 0.5) is 0 Å². The number of ether oxygens (including phenoxy) is 7. The van der Waals surface area contributed by atoms with Gasteiger partial charge in [0.15, 0.2) is 34.4 Å². The first-order chi connectivity index (χ1) is 31.2. The van der Waals surface area contributed by atoms with Crippen LogP contribution in [0.5, 0.6) is 0 Å². The summed E-state index contributed by atoms with van der Waals surface area (Å²) in [5.41, 5.74) is 0.811. The van der Waals surface area contributed by atoms with E-state index in [1.165, 1.54) is 0 Å². The van der Waals surface area contributed by atoms with Crippen molar-refractivity contribution in [2.45, 2.75) is 94.9 Å². The third kappa shape index (κ3) is 16.4. The maximum Gasteiger partial charge on any atom is 0.338 e. The molecule has 0 bridgehead atoms. The molecule has 1 saturated heterocycles. The maximum atomic E-state index is 13.9. The van der Waals surface area contributed by atoms with Gasteiger partial charge in [-0.2, -0.15) is 0 Å². The Hall–Kier alpha value is -5.68. The molecule has 5 atom stereocenters. The van der Waals surface area contributed by atoms with Gasteiger partial charge in [-0.05, 0) is 67.9 Å². The van der Waals surface area contributed by atoms with E-state index in [0.717, 1.165) is 25.3 Å². The van der Waals surface area contributed by atoms with Crippen LogP contribution in [0.1, 0.15) is 80.5 Å². The lowest BCUT2D eigenvalue weighted by Crippen LogP contribution is -2.63. The van der Waals surface area contributed by atoms with E-state index in [2.05, 4.69) is 13.1 Å². The topological polar surface area (TPSA) is 184 Å². The molecule has 1 heterocycles. The third-order valence-corrected chi connectivity index (χ3v) is 15.8. The molecule has 4 aromatic rings. The highest BCUT2D eigenvalue weighted by atomic mass is 32.2. The van der Waals surface area contributed by atoms with E-state index in [1.807, 2.05) is 0 Å². The number of benzene rings is 4. The largest absolute Gasteiger partial charge is 0.466 e. The number of sulfone groups is 1. The lowest BCUT2D eigenvalue weighted by Gasteiger charge is -2.44. The summed E-state index contributed by atoms with van der Waals surface area (Å²) >= 11 is 0. The van der Waals surface area contributed by atoms with Crippen LogP contribution in [0.3, 0.4) is 0 Å². The lowest BCUT2D eigenvalue weighted by molar-refractivity contribution is -0.297. The standard InChI is InChI=1S/C49H58O14SSi/c1-4-57-41(50)29-32-64(55,56)31-19-5-6-20-33-65(2,3)34-30-58-49-44(63-48(54)39-27-17-10-18-28-39)43(62-47(53)38-25-15-9-16-26-38)42(61-46(52)37-23-13-8-14-24-37)40(60-49)35-59-45(51)36-21-11-7-12-22-36/h7-18,21-28,40,42-44,49H,4-6,19-20,29-35H2,1-3H3/t40-,42+,43+,44-,49+/m1/s1. The zero-order valence-corrected chi connectivity index (χ0v) is 38.9. The summed E-state index contributed by atoms with van der Waals surface area (Å²) in [5.74, 6) is -3.79. The van der Waals surface area contributed by atoms with Crippen LogP contribution in [0.2, 0.25) is 25.2 Å². The Labute approximate surface area is 381 Å². The fourth-order valence-corrected chi connectivity index (χ4v) is 10.5. The summed E-state index contributed by atoms with van der Waals surface area (Å²) in [6, 6.07) is 34.3. The maximum absolute atomic E-state index is 13.9. The van der Waals surface area contributed by atoms with Crippen LogP contribution in [0.15, 0.2) is 121 Å². The van der Waals surface area contributed by atoms with Crippen molar-refractivity contribution in [2.24, 2.45) is 0 Å². The summed E-state index contributed by atoms with van der Waals surface area (Å²) in [6.07, 6.45) is -4.38. The summed E-state index contributed by atoms with van der Waals surface area (Å²) < 4.78 is 66.8.